The summed E-state index contributed by atoms with van der Waals surface area (Å²) in [7, 11) is 1.85. The van der Waals surface area contributed by atoms with Crippen molar-refractivity contribution in [2.24, 2.45) is 7.05 Å². The lowest BCUT2D eigenvalue weighted by molar-refractivity contribution is 0.0154. The molecule has 19 heavy (non-hydrogen) atoms. The summed E-state index contributed by atoms with van der Waals surface area (Å²) in [5, 5.41) is 4.12. The Bertz CT molecular complexity index is 439. The Morgan fingerprint density at radius 3 is 2.74 bits per heavy atom. The lowest BCUT2D eigenvalue weighted by Gasteiger charge is -2.31. The van der Waals surface area contributed by atoms with Crippen LogP contribution in [0.1, 0.15) is 28.9 Å². The number of likely N-dealkylation sites (tertiary alicyclic amines) is 1. The number of piperidine rings is 1. The molecule has 5 nitrogen and oxygen atoms in total. The smallest absolute Gasteiger partial charge is 0.257 e. The molecule has 1 aliphatic rings. The Kier molecular flexibility index (Phi) is 4.82. The van der Waals surface area contributed by atoms with Gasteiger partial charge in [0.2, 0.25) is 0 Å². The molecule has 1 aromatic rings. The highest BCUT2D eigenvalue weighted by atomic mass is 35.5. The Morgan fingerprint density at radius 2 is 2.21 bits per heavy atom. The van der Waals surface area contributed by atoms with E-state index in [1.54, 1.807) is 10.9 Å². The molecule has 2 rings (SSSR count). The Hall–Kier alpha value is -1.07. The molecular formula is C13H20ClN3O2. The second kappa shape index (κ2) is 6.39. The van der Waals surface area contributed by atoms with Crippen molar-refractivity contribution in [1.29, 1.82) is 0 Å². The molecule has 0 N–H and O–H groups in total. The maximum Gasteiger partial charge on any atom is 0.257 e. The van der Waals surface area contributed by atoms with Gasteiger partial charge < -0.3 is 9.64 Å². The third kappa shape index (κ3) is 3.28. The summed E-state index contributed by atoms with van der Waals surface area (Å²) in [5.74, 6) is 0.593. The molecule has 1 fully saturated rings. The summed E-state index contributed by atoms with van der Waals surface area (Å²) in [6.45, 7) is 3.97. The van der Waals surface area contributed by atoms with Crippen LogP contribution >= 0.6 is 11.6 Å². The Balaban J connectivity index is 1.91. The number of halogens is 1. The van der Waals surface area contributed by atoms with Crippen LogP contribution < -0.4 is 0 Å². The summed E-state index contributed by atoms with van der Waals surface area (Å²) in [6, 6.07) is 0. The number of aromatic nitrogens is 2. The van der Waals surface area contributed by atoms with E-state index in [1.807, 2.05) is 18.9 Å². The molecule has 1 amide bonds. The van der Waals surface area contributed by atoms with Gasteiger partial charge in [0.15, 0.2) is 0 Å². The molecule has 1 saturated heterocycles. The van der Waals surface area contributed by atoms with Gasteiger partial charge in [-0.05, 0) is 19.8 Å². The number of ether oxygens (including phenoxy) is 1. The summed E-state index contributed by atoms with van der Waals surface area (Å²) < 4.78 is 7.33. The van der Waals surface area contributed by atoms with E-state index in [9.17, 15) is 4.79 Å². The molecule has 0 unspecified atom stereocenters. The van der Waals surface area contributed by atoms with E-state index in [2.05, 4.69) is 5.10 Å². The molecule has 0 spiro atoms. The second-order valence-corrected chi connectivity index (χ2v) is 5.20. The average Bonchev–Trinajstić information content (AvgIpc) is 2.76. The molecule has 0 saturated carbocycles. The normalized spacial score (nSPS) is 16.9. The zero-order valence-electron chi connectivity index (χ0n) is 11.4. The number of hydrogen-bond acceptors (Lipinski definition) is 3. The number of nitrogens with zero attached hydrogens (tertiary/aromatic N) is 3. The van der Waals surface area contributed by atoms with Crippen molar-refractivity contribution in [2.45, 2.75) is 25.9 Å². The minimum atomic E-state index is 0.0707. The number of rotatable bonds is 4. The number of alkyl halides is 1. The van der Waals surface area contributed by atoms with Crippen LogP contribution in [0.4, 0.5) is 0 Å². The van der Waals surface area contributed by atoms with Crippen LogP contribution in [0.3, 0.4) is 0 Å². The van der Waals surface area contributed by atoms with Gasteiger partial charge >= 0.3 is 0 Å². The van der Waals surface area contributed by atoms with Gasteiger partial charge in [-0.2, -0.15) is 5.10 Å². The lowest BCUT2D eigenvalue weighted by atomic mass is 10.1. The lowest BCUT2D eigenvalue weighted by Crippen LogP contribution is -2.41. The van der Waals surface area contributed by atoms with E-state index >= 15 is 0 Å². The van der Waals surface area contributed by atoms with Crippen molar-refractivity contribution in [3.8, 4) is 0 Å². The van der Waals surface area contributed by atoms with Crippen molar-refractivity contribution in [3.63, 3.8) is 0 Å². The molecule has 106 valence electrons. The fourth-order valence-corrected chi connectivity index (χ4v) is 2.40. The molecular weight excluding hydrogens is 266 g/mol. The van der Waals surface area contributed by atoms with Crippen molar-refractivity contribution in [1.82, 2.24) is 14.7 Å². The monoisotopic (exact) mass is 285 g/mol. The van der Waals surface area contributed by atoms with Crippen molar-refractivity contribution in [3.05, 3.63) is 17.5 Å². The van der Waals surface area contributed by atoms with E-state index < -0.39 is 0 Å². The SMILES string of the molecule is Cc1c(C(=O)N2CCC(OCCCl)CC2)cnn1C. The van der Waals surface area contributed by atoms with Crippen LogP contribution in [-0.4, -0.2) is 52.3 Å². The van der Waals surface area contributed by atoms with Crippen molar-refractivity contribution >= 4 is 17.5 Å². The van der Waals surface area contributed by atoms with Gasteiger partial charge in [0.25, 0.3) is 5.91 Å². The van der Waals surface area contributed by atoms with E-state index in [0.29, 0.717) is 18.1 Å². The minimum absolute atomic E-state index is 0.0707. The van der Waals surface area contributed by atoms with Crippen LogP contribution in [-0.2, 0) is 11.8 Å². The zero-order chi connectivity index (χ0) is 13.8. The fourth-order valence-electron chi connectivity index (χ4n) is 2.32. The third-order valence-electron chi connectivity index (χ3n) is 3.63. The summed E-state index contributed by atoms with van der Waals surface area (Å²) in [6.07, 6.45) is 3.63. The largest absolute Gasteiger partial charge is 0.377 e. The van der Waals surface area contributed by atoms with Crippen LogP contribution in [0.15, 0.2) is 6.20 Å². The maximum atomic E-state index is 12.4. The van der Waals surface area contributed by atoms with E-state index in [0.717, 1.165) is 31.6 Å². The second-order valence-electron chi connectivity index (χ2n) is 4.82. The molecule has 0 bridgehead atoms. The first kappa shape index (κ1) is 14.3. The van der Waals surface area contributed by atoms with E-state index in [-0.39, 0.29) is 12.0 Å². The van der Waals surface area contributed by atoms with Crippen LogP contribution in [0.5, 0.6) is 0 Å². The van der Waals surface area contributed by atoms with Gasteiger partial charge in [0.1, 0.15) is 0 Å². The predicted molar refractivity (Wildman–Crippen MR) is 73.5 cm³/mol. The molecule has 0 atom stereocenters. The number of carbonyl (C=O) groups is 1. The summed E-state index contributed by atoms with van der Waals surface area (Å²) in [4.78, 5) is 14.2. The quantitative estimate of drug-likeness (QED) is 0.789. The van der Waals surface area contributed by atoms with E-state index in [4.69, 9.17) is 16.3 Å². The predicted octanol–water partition coefficient (Wildman–Crippen LogP) is 1.59. The van der Waals surface area contributed by atoms with Crippen LogP contribution in [0.2, 0.25) is 0 Å². The first-order valence-corrected chi connectivity index (χ1v) is 7.12. The fraction of sp³-hybridized carbons (Fsp3) is 0.692. The van der Waals surface area contributed by atoms with Crippen molar-refractivity contribution < 1.29 is 9.53 Å². The van der Waals surface area contributed by atoms with Gasteiger partial charge in [-0.25, -0.2) is 0 Å². The standard InChI is InChI=1S/C13H20ClN3O2/c1-10-12(9-15-16(10)2)13(18)17-6-3-11(4-7-17)19-8-5-14/h9,11H,3-8H2,1-2H3. The number of amides is 1. The van der Waals surface area contributed by atoms with Crippen LogP contribution in [0.25, 0.3) is 0 Å². The van der Waals surface area contributed by atoms with Crippen LogP contribution in [0, 0.1) is 6.92 Å². The minimum Gasteiger partial charge on any atom is -0.377 e. The van der Waals surface area contributed by atoms with Gasteiger partial charge in [-0.15, -0.1) is 11.6 Å². The molecule has 2 heterocycles. The molecule has 0 radical (unpaired) electrons. The van der Waals surface area contributed by atoms with E-state index in [1.165, 1.54) is 0 Å². The Labute approximate surface area is 118 Å². The van der Waals surface area contributed by atoms with Gasteiger partial charge in [-0.3, -0.25) is 9.48 Å². The van der Waals surface area contributed by atoms with Crippen molar-refractivity contribution in [2.75, 3.05) is 25.6 Å². The highest BCUT2D eigenvalue weighted by Gasteiger charge is 2.25. The topological polar surface area (TPSA) is 47.4 Å². The van der Waals surface area contributed by atoms with Gasteiger partial charge in [-0.1, -0.05) is 0 Å². The zero-order valence-corrected chi connectivity index (χ0v) is 12.2. The van der Waals surface area contributed by atoms with Gasteiger partial charge in [0.05, 0.1) is 24.5 Å². The molecule has 6 heteroatoms. The first-order valence-electron chi connectivity index (χ1n) is 6.59. The third-order valence-corrected chi connectivity index (χ3v) is 3.78. The summed E-state index contributed by atoms with van der Waals surface area (Å²) in [5.41, 5.74) is 1.60. The highest BCUT2D eigenvalue weighted by Crippen LogP contribution is 2.17. The first-order chi connectivity index (χ1) is 9.13. The number of hydrogen-bond donors (Lipinski definition) is 0. The Morgan fingerprint density at radius 1 is 1.53 bits per heavy atom. The molecule has 1 aliphatic heterocycles. The average molecular weight is 286 g/mol. The molecule has 0 aliphatic carbocycles. The molecule has 0 aromatic carbocycles. The maximum absolute atomic E-state index is 12.4. The molecule has 1 aromatic heterocycles. The number of aryl methyl sites for hydroxylation is 1. The van der Waals surface area contributed by atoms with Gasteiger partial charge in [0, 0.05) is 31.7 Å². The summed E-state index contributed by atoms with van der Waals surface area (Å²) >= 11 is 5.60. The number of carbonyl (C=O) groups excluding carboxylic acids is 1. The highest BCUT2D eigenvalue weighted by molar-refractivity contribution is 6.17.